The first kappa shape index (κ1) is 18.0. The summed E-state index contributed by atoms with van der Waals surface area (Å²) in [5, 5.41) is 9.35. The third-order valence-electron chi connectivity index (χ3n) is 4.15. The topological polar surface area (TPSA) is 60.9 Å². The predicted molar refractivity (Wildman–Crippen MR) is 83.0 cm³/mol. The first-order valence-electron chi connectivity index (χ1n) is 7.88. The highest BCUT2D eigenvalue weighted by atomic mass is 16.4. The van der Waals surface area contributed by atoms with Gasteiger partial charge in [0.05, 0.1) is 11.8 Å². The molecule has 1 saturated carbocycles. The average molecular weight is 298 g/mol. The maximum Gasteiger partial charge on any atom is 0.307 e. The molecule has 0 heterocycles. The van der Waals surface area contributed by atoms with Crippen LogP contribution in [0.5, 0.6) is 0 Å². The molecule has 0 aromatic heterocycles. The monoisotopic (exact) mass is 298 g/mol. The Morgan fingerprint density at radius 2 is 1.71 bits per heavy atom. The van der Waals surface area contributed by atoms with Gasteiger partial charge in [0.1, 0.15) is 0 Å². The number of hydrogen-bond acceptors (Lipinski definition) is 3. The first-order valence-corrected chi connectivity index (χ1v) is 7.88. The van der Waals surface area contributed by atoms with Gasteiger partial charge in [-0.05, 0) is 38.8 Å². The van der Waals surface area contributed by atoms with E-state index >= 15 is 0 Å². The molecule has 0 aromatic carbocycles. The van der Waals surface area contributed by atoms with E-state index in [0.29, 0.717) is 37.8 Å². The molecule has 122 valence electrons. The van der Waals surface area contributed by atoms with Gasteiger partial charge in [0.25, 0.3) is 0 Å². The van der Waals surface area contributed by atoms with E-state index in [0.717, 1.165) is 6.54 Å². The number of aliphatic carboxylic acids is 1. The Labute approximate surface area is 128 Å². The van der Waals surface area contributed by atoms with E-state index in [1.165, 1.54) is 0 Å². The third-order valence-corrected chi connectivity index (χ3v) is 4.15. The molecule has 21 heavy (non-hydrogen) atoms. The zero-order chi connectivity index (χ0) is 16.2. The summed E-state index contributed by atoms with van der Waals surface area (Å²) in [5.41, 5.74) is 0. The van der Waals surface area contributed by atoms with E-state index in [1.807, 2.05) is 30.8 Å². The summed E-state index contributed by atoms with van der Waals surface area (Å²) in [6.45, 7) is 8.38. The van der Waals surface area contributed by atoms with E-state index < -0.39 is 11.9 Å². The molecule has 3 atom stereocenters. The minimum absolute atomic E-state index is 0.0299. The Balaban J connectivity index is 2.80. The maximum atomic E-state index is 12.8. The highest BCUT2D eigenvalue weighted by Gasteiger charge is 2.42. The SMILES string of the molecule is CC(C)CN(CCN(C)C)C(=O)[C@H]1CC(C)C[C@H]1C(=O)O. The molecule has 1 unspecified atom stereocenters. The van der Waals surface area contributed by atoms with Gasteiger partial charge < -0.3 is 14.9 Å². The van der Waals surface area contributed by atoms with Crippen LogP contribution < -0.4 is 0 Å². The number of carbonyl (C=O) groups is 2. The summed E-state index contributed by atoms with van der Waals surface area (Å²) in [4.78, 5) is 28.1. The molecular formula is C16H30N2O3. The molecule has 0 bridgehead atoms. The van der Waals surface area contributed by atoms with Crippen molar-refractivity contribution in [2.75, 3.05) is 33.7 Å². The van der Waals surface area contributed by atoms with Crippen molar-refractivity contribution < 1.29 is 14.7 Å². The highest BCUT2D eigenvalue weighted by molar-refractivity contribution is 5.85. The van der Waals surface area contributed by atoms with Crippen molar-refractivity contribution in [3.8, 4) is 0 Å². The number of hydrogen-bond donors (Lipinski definition) is 1. The lowest BCUT2D eigenvalue weighted by Crippen LogP contribution is -2.44. The number of nitrogens with zero attached hydrogens (tertiary/aromatic N) is 2. The minimum Gasteiger partial charge on any atom is -0.481 e. The van der Waals surface area contributed by atoms with Gasteiger partial charge in [0, 0.05) is 19.6 Å². The van der Waals surface area contributed by atoms with Gasteiger partial charge in [-0.25, -0.2) is 0 Å². The second kappa shape index (κ2) is 7.78. The van der Waals surface area contributed by atoms with Gasteiger partial charge in [0.15, 0.2) is 0 Å². The van der Waals surface area contributed by atoms with Crippen LogP contribution in [0, 0.1) is 23.7 Å². The Bertz CT molecular complexity index is 369. The lowest BCUT2D eigenvalue weighted by Gasteiger charge is -2.29. The van der Waals surface area contributed by atoms with Crippen LogP contribution in [0.3, 0.4) is 0 Å². The molecule has 5 nitrogen and oxygen atoms in total. The number of carboxylic acids is 1. The molecule has 0 aliphatic heterocycles. The van der Waals surface area contributed by atoms with Gasteiger partial charge in [-0.3, -0.25) is 9.59 Å². The lowest BCUT2D eigenvalue weighted by molar-refractivity contribution is -0.149. The predicted octanol–water partition coefficient (Wildman–Crippen LogP) is 1.78. The van der Waals surface area contributed by atoms with Crippen LogP contribution in [0.2, 0.25) is 0 Å². The van der Waals surface area contributed by atoms with E-state index in [4.69, 9.17) is 0 Å². The van der Waals surface area contributed by atoms with E-state index in [2.05, 4.69) is 13.8 Å². The molecule has 1 N–H and O–H groups in total. The fourth-order valence-electron chi connectivity index (χ4n) is 3.13. The molecule has 0 radical (unpaired) electrons. The summed E-state index contributed by atoms with van der Waals surface area (Å²) < 4.78 is 0. The molecule has 1 aliphatic carbocycles. The van der Waals surface area contributed by atoms with Gasteiger partial charge >= 0.3 is 5.97 Å². The van der Waals surface area contributed by atoms with Crippen LogP contribution in [-0.2, 0) is 9.59 Å². The number of carbonyl (C=O) groups excluding carboxylic acids is 1. The van der Waals surface area contributed by atoms with Gasteiger partial charge in [0.2, 0.25) is 5.91 Å². The zero-order valence-electron chi connectivity index (χ0n) is 14.0. The summed E-state index contributed by atoms with van der Waals surface area (Å²) >= 11 is 0. The largest absolute Gasteiger partial charge is 0.481 e. The lowest BCUT2D eigenvalue weighted by atomic mass is 9.94. The van der Waals surface area contributed by atoms with Crippen molar-refractivity contribution in [1.29, 1.82) is 0 Å². The fourth-order valence-corrected chi connectivity index (χ4v) is 3.13. The van der Waals surface area contributed by atoms with Gasteiger partial charge in [-0.15, -0.1) is 0 Å². The molecule has 0 aromatic rings. The number of likely N-dealkylation sites (N-methyl/N-ethyl adjacent to an activating group) is 1. The molecule has 1 rings (SSSR count). The normalized spacial score (nSPS) is 25.6. The molecular weight excluding hydrogens is 268 g/mol. The summed E-state index contributed by atoms with van der Waals surface area (Å²) in [6.07, 6.45) is 1.32. The third kappa shape index (κ3) is 5.30. The van der Waals surface area contributed by atoms with Crippen LogP contribution >= 0.6 is 0 Å². The molecule has 5 heteroatoms. The Hall–Kier alpha value is -1.10. The van der Waals surface area contributed by atoms with Crippen molar-refractivity contribution in [2.24, 2.45) is 23.7 Å². The Morgan fingerprint density at radius 1 is 1.14 bits per heavy atom. The van der Waals surface area contributed by atoms with Crippen LogP contribution in [0.4, 0.5) is 0 Å². The van der Waals surface area contributed by atoms with Gasteiger partial charge in [-0.2, -0.15) is 0 Å². The first-order chi connectivity index (χ1) is 9.72. The van der Waals surface area contributed by atoms with E-state index in [1.54, 1.807) is 0 Å². The van der Waals surface area contributed by atoms with Crippen LogP contribution in [0.25, 0.3) is 0 Å². The van der Waals surface area contributed by atoms with E-state index in [-0.39, 0.29) is 11.8 Å². The second-order valence-electron chi connectivity index (χ2n) is 7.11. The minimum atomic E-state index is -0.824. The van der Waals surface area contributed by atoms with Crippen LogP contribution in [0.1, 0.15) is 33.6 Å². The zero-order valence-corrected chi connectivity index (χ0v) is 14.0. The van der Waals surface area contributed by atoms with Crippen LogP contribution in [0.15, 0.2) is 0 Å². The van der Waals surface area contributed by atoms with Crippen molar-refractivity contribution in [3.05, 3.63) is 0 Å². The number of amides is 1. The molecule has 1 amide bonds. The maximum absolute atomic E-state index is 12.8. The number of rotatable bonds is 7. The average Bonchev–Trinajstić information content (AvgIpc) is 2.75. The fraction of sp³-hybridized carbons (Fsp3) is 0.875. The molecule has 0 spiro atoms. The van der Waals surface area contributed by atoms with Crippen LogP contribution in [-0.4, -0.2) is 60.5 Å². The molecule has 1 fully saturated rings. The van der Waals surface area contributed by atoms with Crippen molar-refractivity contribution in [3.63, 3.8) is 0 Å². The van der Waals surface area contributed by atoms with Crippen molar-refractivity contribution in [2.45, 2.75) is 33.6 Å². The molecule has 0 saturated heterocycles. The summed E-state index contributed by atoms with van der Waals surface area (Å²) in [5.74, 6) is -0.954. The Morgan fingerprint density at radius 3 is 2.19 bits per heavy atom. The quantitative estimate of drug-likeness (QED) is 0.778. The summed E-state index contributed by atoms with van der Waals surface area (Å²) in [6, 6.07) is 0. The van der Waals surface area contributed by atoms with E-state index in [9.17, 15) is 14.7 Å². The Kier molecular flexibility index (Phi) is 6.65. The highest BCUT2D eigenvalue weighted by Crippen LogP contribution is 2.37. The second-order valence-corrected chi connectivity index (χ2v) is 7.11. The summed E-state index contributed by atoms with van der Waals surface area (Å²) in [7, 11) is 3.96. The molecule has 1 aliphatic rings. The standard InChI is InChI=1S/C16H30N2O3/c1-11(2)10-18(7-6-17(4)5)15(19)13-8-12(3)9-14(13)16(20)21/h11-14H,6-10H2,1-5H3,(H,20,21)/t12?,13-,14+/m0/s1. The van der Waals surface area contributed by atoms with Crippen molar-refractivity contribution >= 4 is 11.9 Å². The van der Waals surface area contributed by atoms with Crippen molar-refractivity contribution in [1.82, 2.24) is 9.80 Å². The smallest absolute Gasteiger partial charge is 0.307 e. The van der Waals surface area contributed by atoms with Gasteiger partial charge in [-0.1, -0.05) is 20.8 Å². The number of carboxylic acid groups (broad SMARTS) is 1.